The van der Waals surface area contributed by atoms with Crippen molar-refractivity contribution in [3.63, 3.8) is 0 Å². The molecule has 34 heavy (non-hydrogen) atoms. The molecule has 3 aliphatic heterocycles. The largest absolute Gasteiger partial charge is 0.488 e. The van der Waals surface area contributed by atoms with Gasteiger partial charge in [-0.15, -0.1) is 0 Å². The minimum atomic E-state index is -0.196. The lowest BCUT2D eigenvalue weighted by Crippen LogP contribution is -2.44. The van der Waals surface area contributed by atoms with Gasteiger partial charge in [0, 0.05) is 43.6 Å². The number of nitrogens with one attached hydrogen (secondary N) is 1. The molecule has 9 heteroatoms. The highest BCUT2D eigenvalue weighted by Gasteiger charge is 2.44. The fraction of sp³-hybridized carbons (Fsp3) is 0.520. The average Bonchev–Trinajstić information content (AvgIpc) is 3.56. The Labute approximate surface area is 198 Å². The number of rotatable bonds is 4. The summed E-state index contributed by atoms with van der Waals surface area (Å²) in [4.78, 5) is 24.0. The summed E-state index contributed by atoms with van der Waals surface area (Å²) in [7, 11) is 0. The van der Waals surface area contributed by atoms with Gasteiger partial charge in [-0.05, 0) is 44.7 Å². The first kappa shape index (κ1) is 21.3. The molecular weight excluding hydrogens is 432 g/mol. The Kier molecular flexibility index (Phi) is 5.17. The van der Waals surface area contributed by atoms with Gasteiger partial charge in [0.15, 0.2) is 5.82 Å². The van der Waals surface area contributed by atoms with Gasteiger partial charge in [0.05, 0.1) is 30.3 Å². The van der Waals surface area contributed by atoms with Gasteiger partial charge in [-0.25, -0.2) is 14.6 Å². The van der Waals surface area contributed by atoms with Gasteiger partial charge < -0.3 is 19.7 Å². The lowest BCUT2D eigenvalue weighted by Gasteiger charge is -2.38. The number of nitrogens with zero attached hydrogens (tertiary/aromatic N) is 5. The summed E-state index contributed by atoms with van der Waals surface area (Å²) < 4.78 is 13.6. The summed E-state index contributed by atoms with van der Waals surface area (Å²) in [5.74, 6) is 3.38. The van der Waals surface area contributed by atoms with E-state index in [0.29, 0.717) is 12.4 Å². The molecule has 0 bridgehead atoms. The highest BCUT2D eigenvalue weighted by atomic mass is 16.5. The van der Waals surface area contributed by atoms with Gasteiger partial charge in [-0.2, -0.15) is 5.10 Å². The number of hydrogen-bond acceptors (Lipinski definition) is 7. The number of fused-ring (bicyclic) bond motifs is 1. The van der Waals surface area contributed by atoms with E-state index in [1.807, 2.05) is 23.9 Å². The van der Waals surface area contributed by atoms with Crippen LogP contribution in [0.3, 0.4) is 0 Å². The summed E-state index contributed by atoms with van der Waals surface area (Å²) in [6, 6.07) is 6.16. The molecule has 2 aromatic heterocycles. The van der Waals surface area contributed by atoms with E-state index in [9.17, 15) is 4.79 Å². The molecule has 178 valence electrons. The van der Waals surface area contributed by atoms with Crippen LogP contribution < -0.4 is 15.0 Å². The molecule has 0 saturated carbocycles. The first-order valence-corrected chi connectivity index (χ1v) is 12.1. The second kappa shape index (κ2) is 8.23. The second-order valence-corrected chi connectivity index (χ2v) is 9.74. The number of benzene rings is 1. The maximum absolute atomic E-state index is 12.4. The van der Waals surface area contributed by atoms with Gasteiger partial charge in [-0.3, -0.25) is 4.79 Å². The van der Waals surface area contributed by atoms with E-state index in [1.165, 1.54) is 0 Å². The molecule has 1 N–H and O–H groups in total. The Morgan fingerprint density at radius 1 is 1.12 bits per heavy atom. The molecule has 3 aromatic rings. The van der Waals surface area contributed by atoms with E-state index in [0.717, 1.165) is 85.8 Å². The Hall–Kier alpha value is -3.20. The quantitative estimate of drug-likeness (QED) is 0.637. The molecule has 1 unspecified atom stereocenters. The SMILES string of the molecule is Cc1nc(N2CCC3(CCNC3=O)CC2)cc(-n2ncc3cc(C)c(OC4CCOC4)cc32)n1. The van der Waals surface area contributed by atoms with Crippen molar-refractivity contribution in [2.75, 3.05) is 37.7 Å². The molecule has 0 radical (unpaired) electrons. The minimum absolute atomic E-state index is 0.0877. The lowest BCUT2D eigenvalue weighted by molar-refractivity contribution is -0.128. The monoisotopic (exact) mass is 462 g/mol. The van der Waals surface area contributed by atoms with Crippen LogP contribution in [0.15, 0.2) is 24.4 Å². The fourth-order valence-corrected chi connectivity index (χ4v) is 5.43. The van der Waals surface area contributed by atoms with Crippen molar-refractivity contribution in [3.8, 4) is 11.6 Å². The summed E-state index contributed by atoms with van der Waals surface area (Å²) in [5, 5.41) is 8.70. The van der Waals surface area contributed by atoms with Gasteiger partial charge >= 0.3 is 0 Å². The van der Waals surface area contributed by atoms with Crippen LogP contribution in [-0.4, -0.2) is 64.6 Å². The predicted octanol–water partition coefficient (Wildman–Crippen LogP) is 2.71. The number of anilines is 1. The van der Waals surface area contributed by atoms with Crippen molar-refractivity contribution in [1.29, 1.82) is 0 Å². The smallest absolute Gasteiger partial charge is 0.226 e. The first-order valence-electron chi connectivity index (χ1n) is 12.1. The van der Waals surface area contributed by atoms with Crippen molar-refractivity contribution in [2.45, 2.75) is 45.6 Å². The minimum Gasteiger partial charge on any atom is -0.488 e. The number of carbonyl (C=O) groups is 1. The predicted molar refractivity (Wildman–Crippen MR) is 127 cm³/mol. The van der Waals surface area contributed by atoms with E-state index < -0.39 is 0 Å². The summed E-state index contributed by atoms with van der Waals surface area (Å²) >= 11 is 0. The molecule has 1 aromatic carbocycles. The number of piperidine rings is 1. The molecule has 3 aliphatic rings. The zero-order chi connectivity index (χ0) is 23.3. The highest BCUT2D eigenvalue weighted by Crippen LogP contribution is 2.39. The molecule has 5 heterocycles. The molecule has 9 nitrogen and oxygen atoms in total. The number of aromatic nitrogens is 4. The van der Waals surface area contributed by atoms with Crippen molar-refractivity contribution in [2.24, 2.45) is 5.41 Å². The Balaban J connectivity index is 1.30. The standard InChI is InChI=1S/C25H30N6O3/c1-16-11-18-14-27-31(20(18)12-21(16)34-19-3-10-33-15-19)23-13-22(28-17(2)29-23)30-8-5-25(6-9-30)4-7-26-24(25)32/h11-14,19H,3-10,15H2,1-2H3,(H,26,32). The van der Waals surface area contributed by atoms with Gasteiger partial charge in [0.2, 0.25) is 5.91 Å². The number of aryl methyl sites for hydroxylation is 2. The van der Waals surface area contributed by atoms with Gasteiger partial charge in [0.1, 0.15) is 23.5 Å². The van der Waals surface area contributed by atoms with Crippen LogP contribution >= 0.6 is 0 Å². The molecule has 3 fully saturated rings. The van der Waals surface area contributed by atoms with Crippen molar-refractivity contribution >= 4 is 22.6 Å². The molecule has 1 amide bonds. The van der Waals surface area contributed by atoms with Crippen LogP contribution in [0.25, 0.3) is 16.7 Å². The third-order valence-corrected chi connectivity index (χ3v) is 7.49. The normalized spacial score (nSPS) is 22.0. The van der Waals surface area contributed by atoms with Crippen LogP contribution in [-0.2, 0) is 9.53 Å². The summed E-state index contributed by atoms with van der Waals surface area (Å²) in [6.07, 6.45) is 5.50. The van der Waals surface area contributed by atoms with Crippen molar-refractivity contribution in [3.05, 3.63) is 35.8 Å². The highest BCUT2D eigenvalue weighted by molar-refractivity contribution is 5.85. The molecule has 1 spiro atoms. The Morgan fingerprint density at radius 3 is 2.68 bits per heavy atom. The van der Waals surface area contributed by atoms with E-state index in [4.69, 9.17) is 19.4 Å². The van der Waals surface area contributed by atoms with Crippen LogP contribution in [0, 0.1) is 19.3 Å². The lowest BCUT2D eigenvalue weighted by atomic mass is 9.77. The van der Waals surface area contributed by atoms with E-state index in [1.54, 1.807) is 0 Å². The number of hydrogen-bond donors (Lipinski definition) is 1. The van der Waals surface area contributed by atoms with E-state index >= 15 is 0 Å². The molecule has 6 rings (SSSR count). The molecule has 0 aliphatic carbocycles. The van der Waals surface area contributed by atoms with Crippen LogP contribution in [0.4, 0.5) is 5.82 Å². The van der Waals surface area contributed by atoms with Crippen molar-refractivity contribution in [1.82, 2.24) is 25.1 Å². The van der Waals surface area contributed by atoms with Crippen LogP contribution in [0.2, 0.25) is 0 Å². The van der Waals surface area contributed by atoms with Gasteiger partial charge in [-0.1, -0.05) is 0 Å². The number of carbonyl (C=O) groups excluding carboxylic acids is 1. The summed E-state index contributed by atoms with van der Waals surface area (Å²) in [6.45, 7) is 7.75. The third-order valence-electron chi connectivity index (χ3n) is 7.49. The maximum Gasteiger partial charge on any atom is 0.226 e. The zero-order valence-electron chi connectivity index (χ0n) is 19.7. The Bertz CT molecular complexity index is 1240. The third kappa shape index (κ3) is 3.68. The Morgan fingerprint density at radius 2 is 1.94 bits per heavy atom. The number of ether oxygens (including phenoxy) is 2. The molecular formula is C25H30N6O3. The van der Waals surface area contributed by atoms with Crippen LogP contribution in [0.1, 0.15) is 37.1 Å². The first-order chi connectivity index (χ1) is 16.5. The number of amides is 1. The molecule has 3 saturated heterocycles. The van der Waals surface area contributed by atoms with E-state index in [-0.39, 0.29) is 17.4 Å². The topological polar surface area (TPSA) is 94.4 Å². The second-order valence-electron chi connectivity index (χ2n) is 9.74. The van der Waals surface area contributed by atoms with Gasteiger partial charge in [0.25, 0.3) is 0 Å². The average molecular weight is 463 g/mol. The maximum atomic E-state index is 12.4. The summed E-state index contributed by atoms with van der Waals surface area (Å²) in [5.41, 5.74) is 1.83. The molecule has 1 atom stereocenters. The van der Waals surface area contributed by atoms with Crippen molar-refractivity contribution < 1.29 is 14.3 Å². The van der Waals surface area contributed by atoms with E-state index in [2.05, 4.69) is 34.4 Å². The van der Waals surface area contributed by atoms with Crippen LogP contribution in [0.5, 0.6) is 5.75 Å². The fourth-order valence-electron chi connectivity index (χ4n) is 5.43. The zero-order valence-corrected chi connectivity index (χ0v) is 19.7.